The van der Waals surface area contributed by atoms with Gasteiger partial charge < -0.3 is 19.8 Å². The Kier molecular flexibility index (Phi) is 6.39. The molecule has 0 unspecified atom stereocenters. The van der Waals surface area contributed by atoms with Crippen molar-refractivity contribution < 1.29 is 19.7 Å². The van der Waals surface area contributed by atoms with Crippen LogP contribution in [0.5, 0.6) is 5.75 Å². The Morgan fingerprint density at radius 2 is 2.26 bits per heavy atom. The van der Waals surface area contributed by atoms with E-state index in [4.69, 9.17) is 10.00 Å². The van der Waals surface area contributed by atoms with Crippen molar-refractivity contribution in [1.82, 2.24) is 4.90 Å². The molecule has 6 nitrogen and oxygen atoms in total. The van der Waals surface area contributed by atoms with Gasteiger partial charge in [-0.05, 0) is 37.5 Å². The number of carbonyl (C=O) groups excluding carboxylic acids is 1. The second kappa shape index (κ2) is 8.51. The third-order valence-corrected chi connectivity index (χ3v) is 3.94. The first-order chi connectivity index (χ1) is 11.1. The van der Waals surface area contributed by atoms with Gasteiger partial charge in [0.2, 0.25) is 5.91 Å². The minimum absolute atomic E-state index is 0.0351. The summed E-state index contributed by atoms with van der Waals surface area (Å²) < 4.78 is 5.56. The predicted octanol–water partition coefficient (Wildman–Crippen LogP) is 1.06. The normalized spacial score (nSPS) is 20.3. The summed E-state index contributed by atoms with van der Waals surface area (Å²) in [5.41, 5.74) is 0.556. The van der Waals surface area contributed by atoms with E-state index in [0.717, 1.165) is 6.42 Å². The van der Waals surface area contributed by atoms with Crippen LogP contribution in [0, 0.1) is 11.3 Å². The van der Waals surface area contributed by atoms with Crippen LogP contribution in [-0.4, -0.2) is 52.9 Å². The summed E-state index contributed by atoms with van der Waals surface area (Å²) in [6.45, 7) is 0.677. The number of rotatable bonds is 7. The van der Waals surface area contributed by atoms with E-state index >= 15 is 0 Å². The lowest BCUT2D eigenvalue weighted by atomic mass is 10.2. The lowest BCUT2D eigenvalue weighted by Crippen LogP contribution is -2.37. The fourth-order valence-corrected chi connectivity index (χ4v) is 2.74. The molecule has 0 radical (unpaired) electrons. The molecule has 2 atom stereocenters. The van der Waals surface area contributed by atoms with Crippen molar-refractivity contribution >= 4 is 5.91 Å². The standard InChI is InChI=1S/C17H22N2O4/c18-10-13-4-3-5-16(8-13)23-7-2-1-6-17(22)19-11-15(21)9-14(19)12-20/h3-5,8,14-15,20-21H,1-2,6-7,9,11-12H2/t14-,15+/m0/s1. The van der Waals surface area contributed by atoms with E-state index in [-0.39, 0.29) is 18.6 Å². The van der Waals surface area contributed by atoms with Gasteiger partial charge in [0.05, 0.1) is 37.0 Å². The Balaban J connectivity index is 1.67. The van der Waals surface area contributed by atoms with Crippen LogP contribution in [0.3, 0.4) is 0 Å². The van der Waals surface area contributed by atoms with Crippen LogP contribution in [-0.2, 0) is 4.79 Å². The number of carbonyl (C=O) groups is 1. The van der Waals surface area contributed by atoms with Crippen molar-refractivity contribution in [3.05, 3.63) is 29.8 Å². The first kappa shape index (κ1) is 17.3. The van der Waals surface area contributed by atoms with Gasteiger partial charge in [-0.25, -0.2) is 0 Å². The Labute approximate surface area is 135 Å². The lowest BCUT2D eigenvalue weighted by molar-refractivity contribution is -0.133. The highest BCUT2D eigenvalue weighted by molar-refractivity contribution is 5.76. The number of amides is 1. The number of nitriles is 1. The van der Waals surface area contributed by atoms with Gasteiger partial charge >= 0.3 is 0 Å². The third kappa shape index (κ3) is 4.95. The molecule has 1 aromatic rings. The number of benzene rings is 1. The van der Waals surface area contributed by atoms with Crippen LogP contribution in [0.4, 0.5) is 0 Å². The summed E-state index contributed by atoms with van der Waals surface area (Å²) in [6.07, 6.45) is 1.70. The van der Waals surface area contributed by atoms with Crippen molar-refractivity contribution in [3.8, 4) is 11.8 Å². The highest BCUT2D eigenvalue weighted by Gasteiger charge is 2.33. The number of nitrogens with zero attached hydrogens (tertiary/aromatic N) is 2. The number of β-amino-alcohol motifs (C(OH)–C–C–N with tert-alkyl or cyclic N) is 1. The van der Waals surface area contributed by atoms with E-state index in [9.17, 15) is 15.0 Å². The number of likely N-dealkylation sites (tertiary alicyclic amines) is 1. The predicted molar refractivity (Wildman–Crippen MR) is 83.7 cm³/mol. The third-order valence-electron chi connectivity index (χ3n) is 3.94. The Morgan fingerprint density at radius 3 is 3.00 bits per heavy atom. The van der Waals surface area contributed by atoms with Crippen molar-refractivity contribution in [2.45, 2.75) is 37.8 Å². The van der Waals surface area contributed by atoms with Crippen LogP contribution >= 0.6 is 0 Å². The number of hydrogen-bond donors (Lipinski definition) is 2. The number of aliphatic hydroxyl groups excluding tert-OH is 2. The largest absolute Gasteiger partial charge is 0.494 e. The van der Waals surface area contributed by atoms with Crippen molar-refractivity contribution in [2.24, 2.45) is 0 Å². The quantitative estimate of drug-likeness (QED) is 0.733. The molecule has 2 rings (SSSR count). The molecular weight excluding hydrogens is 296 g/mol. The summed E-state index contributed by atoms with van der Waals surface area (Å²) in [5, 5.41) is 27.6. The summed E-state index contributed by atoms with van der Waals surface area (Å²) in [4.78, 5) is 13.7. The van der Waals surface area contributed by atoms with E-state index in [2.05, 4.69) is 6.07 Å². The smallest absolute Gasteiger partial charge is 0.222 e. The molecule has 1 aliphatic rings. The van der Waals surface area contributed by atoms with Crippen molar-refractivity contribution in [3.63, 3.8) is 0 Å². The maximum Gasteiger partial charge on any atom is 0.222 e. The first-order valence-corrected chi connectivity index (χ1v) is 7.85. The fraction of sp³-hybridized carbons (Fsp3) is 0.529. The van der Waals surface area contributed by atoms with Crippen LogP contribution in [0.2, 0.25) is 0 Å². The lowest BCUT2D eigenvalue weighted by Gasteiger charge is -2.22. The molecule has 6 heteroatoms. The van der Waals surface area contributed by atoms with Gasteiger partial charge in [-0.2, -0.15) is 5.26 Å². The molecule has 1 saturated heterocycles. The van der Waals surface area contributed by atoms with Gasteiger partial charge in [0.15, 0.2) is 0 Å². The first-order valence-electron chi connectivity index (χ1n) is 7.85. The van der Waals surface area contributed by atoms with Crippen LogP contribution in [0.15, 0.2) is 24.3 Å². The molecule has 1 aliphatic heterocycles. The van der Waals surface area contributed by atoms with Crippen molar-refractivity contribution in [2.75, 3.05) is 19.8 Å². The van der Waals surface area contributed by atoms with Gasteiger partial charge in [0.25, 0.3) is 0 Å². The molecule has 0 aromatic heterocycles. The minimum atomic E-state index is -0.535. The average molecular weight is 318 g/mol. The molecule has 0 spiro atoms. The summed E-state index contributed by atoms with van der Waals surface area (Å²) in [7, 11) is 0. The van der Waals surface area contributed by atoms with E-state index < -0.39 is 6.10 Å². The monoisotopic (exact) mass is 318 g/mol. The number of aliphatic hydroxyl groups is 2. The second-order valence-corrected chi connectivity index (χ2v) is 5.72. The van der Waals surface area contributed by atoms with E-state index in [1.165, 1.54) is 0 Å². The van der Waals surface area contributed by atoms with Gasteiger partial charge in [-0.3, -0.25) is 4.79 Å². The van der Waals surface area contributed by atoms with Gasteiger partial charge in [-0.15, -0.1) is 0 Å². The Bertz CT molecular complexity index is 570. The zero-order valence-electron chi connectivity index (χ0n) is 13.0. The van der Waals surface area contributed by atoms with Gasteiger partial charge in [0.1, 0.15) is 5.75 Å². The van der Waals surface area contributed by atoms with Gasteiger partial charge in [0, 0.05) is 13.0 Å². The zero-order chi connectivity index (χ0) is 16.7. The highest BCUT2D eigenvalue weighted by Crippen LogP contribution is 2.19. The Morgan fingerprint density at radius 1 is 1.43 bits per heavy atom. The topological polar surface area (TPSA) is 93.8 Å². The molecule has 1 heterocycles. The highest BCUT2D eigenvalue weighted by atomic mass is 16.5. The molecule has 1 fully saturated rings. The summed E-state index contributed by atoms with van der Waals surface area (Å²) in [5.74, 6) is 0.616. The molecule has 0 aliphatic carbocycles. The second-order valence-electron chi connectivity index (χ2n) is 5.72. The molecular formula is C17H22N2O4. The van der Waals surface area contributed by atoms with Crippen LogP contribution in [0.25, 0.3) is 0 Å². The molecule has 0 bridgehead atoms. The molecule has 2 N–H and O–H groups in total. The molecule has 1 amide bonds. The number of ether oxygens (including phenoxy) is 1. The number of hydrogen-bond acceptors (Lipinski definition) is 5. The van der Waals surface area contributed by atoms with Crippen LogP contribution < -0.4 is 4.74 Å². The van der Waals surface area contributed by atoms with Gasteiger partial charge in [-0.1, -0.05) is 6.07 Å². The maximum atomic E-state index is 12.1. The average Bonchev–Trinajstić information content (AvgIpc) is 2.95. The molecule has 1 aromatic carbocycles. The Hall–Kier alpha value is -2.10. The van der Waals surface area contributed by atoms with Crippen LogP contribution in [0.1, 0.15) is 31.2 Å². The fourth-order valence-electron chi connectivity index (χ4n) is 2.74. The van der Waals surface area contributed by atoms with E-state index in [0.29, 0.717) is 43.7 Å². The summed E-state index contributed by atoms with van der Waals surface area (Å²) in [6, 6.07) is 8.76. The molecule has 23 heavy (non-hydrogen) atoms. The van der Waals surface area contributed by atoms with Crippen molar-refractivity contribution in [1.29, 1.82) is 5.26 Å². The maximum absolute atomic E-state index is 12.1. The van der Waals surface area contributed by atoms with E-state index in [1.54, 1.807) is 29.2 Å². The van der Waals surface area contributed by atoms with E-state index in [1.807, 2.05) is 0 Å². The summed E-state index contributed by atoms with van der Waals surface area (Å²) >= 11 is 0. The minimum Gasteiger partial charge on any atom is -0.494 e. The SMILES string of the molecule is N#Cc1cccc(OCCCCC(=O)N2C[C@H](O)C[C@H]2CO)c1. The molecule has 0 saturated carbocycles. The molecule has 124 valence electrons. The zero-order valence-corrected chi connectivity index (χ0v) is 13.0. The number of unbranched alkanes of at least 4 members (excludes halogenated alkanes) is 1.